The molecule has 2 aromatic rings. The summed E-state index contributed by atoms with van der Waals surface area (Å²) in [4.78, 5) is 19.8. The van der Waals surface area contributed by atoms with E-state index in [0.717, 1.165) is 35.9 Å². The number of ether oxygens (including phenoxy) is 1. The Bertz CT molecular complexity index is 706. The van der Waals surface area contributed by atoms with E-state index >= 15 is 0 Å². The van der Waals surface area contributed by atoms with E-state index in [9.17, 15) is 4.79 Å². The van der Waals surface area contributed by atoms with Crippen LogP contribution in [0.3, 0.4) is 0 Å². The maximum Gasteiger partial charge on any atom is 0.407 e. The molecule has 6 nitrogen and oxygen atoms in total. The van der Waals surface area contributed by atoms with Crippen LogP contribution in [0, 0.1) is 0 Å². The lowest BCUT2D eigenvalue weighted by molar-refractivity contribution is 0.0488. The first-order chi connectivity index (χ1) is 12.4. The van der Waals surface area contributed by atoms with Crippen LogP contribution in [0.1, 0.15) is 45.9 Å². The van der Waals surface area contributed by atoms with Crippen molar-refractivity contribution in [3.8, 4) is 10.6 Å². The van der Waals surface area contributed by atoms with Crippen molar-refractivity contribution in [2.24, 2.45) is 0 Å². The van der Waals surface area contributed by atoms with Gasteiger partial charge in [0.05, 0.1) is 17.6 Å². The molecule has 0 radical (unpaired) electrons. The molecule has 1 fully saturated rings. The molecule has 2 aromatic heterocycles. The van der Waals surface area contributed by atoms with Crippen LogP contribution >= 0.6 is 11.3 Å². The highest BCUT2D eigenvalue weighted by molar-refractivity contribution is 7.13. The number of nitrogens with zero attached hydrogens (tertiary/aromatic N) is 2. The van der Waals surface area contributed by atoms with Gasteiger partial charge in [0, 0.05) is 12.6 Å². The summed E-state index contributed by atoms with van der Waals surface area (Å²) in [5, 5.41) is 4.93. The second-order valence-electron chi connectivity index (χ2n) is 7.60. The Morgan fingerprint density at radius 2 is 2.31 bits per heavy atom. The normalized spacial score (nSPS) is 18.7. The van der Waals surface area contributed by atoms with E-state index < -0.39 is 5.60 Å². The third kappa shape index (κ3) is 5.32. The predicted molar refractivity (Wildman–Crippen MR) is 102 cm³/mol. The van der Waals surface area contributed by atoms with E-state index in [2.05, 4.69) is 15.2 Å². The monoisotopic (exact) mass is 377 g/mol. The molecule has 0 aliphatic carbocycles. The Kier molecular flexibility index (Phi) is 5.98. The first kappa shape index (κ1) is 18.9. The van der Waals surface area contributed by atoms with Gasteiger partial charge >= 0.3 is 6.09 Å². The van der Waals surface area contributed by atoms with Gasteiger partial charge in [-0.2, -0.15) is 0 Å². The molecule has 1 unspecified atom stereocenters. The maximum atomic E-state index is 11.9. The van der Waals surface area contributed by atoms with Gasteiger partial charge in [0.15, 0.2) is 5.76 Å². The number of hydrogen-bond acceptors (Lipinski definition) is 6. The molecule has 142 valence electrons. The number of amides is 1. The zero-order valence-corrected chi connectivity index (χ0v) is 16.5. The molecule has 1 atom stereocenters. The molecular weight excluding hydrogens is 350 g/mol. The quantitative estimate of drug-likeness (QED) is 0.842. The number of thiophene rings is 1. The Morgan fingerprint density at radius 3 is 3.04 bits per heavy atom. The molecule has 26 heavy (non-hydrogen) atoms. The van der Waals surface area contributed by atoms with Crippen molar-refractivity contribution in [2.75, 3.05) is 13.1 Å². The number of likely N-dealkylation sites (tertiary alicyclic amines) is 1. The minimum absolute atomic E-state index is 0.272. The summed E-state index contributed by atoms with van der Waals surface area (Å²) in [5.74, 6) is 1.54. The Hall–Kier alpha value is -1.86. The van der Waals surface area contributed by atoms with Crippen molar-refractivity contribution in [1.29, 1.82) is 0 Å². The first-order valence-electron chi connectivity index (χ1n) is 9.10. The molecule has 1 aliphatic rings. The average molecular weight is 378 g/mol. The van der Waals surface area contributed by atoms with Gasteiger partial charge < -0.3 is 14.5 Å². The fourth-order valence-corrected chi connectivity index (χ4v) is 3.78. The molecule has 1 N–H and O–H groups in total. The van der Waals surface area contributed by atoms with Crippen molar-refractivity contribution >= 4 is 17.4 Å². The van der Waals surface area contributed by atoms with E-state index in [4.69, 9.17) is 9.15 Å². The number of piperidine rings is 1. The summed E-state index contributed by atoms with van der Waals surface area (Å²) in [6, 6.07) is 4.31. The van der Waals surface area contributed by atoms with Crippen LogP contribution in [0.25, 0.3) is 10.6 Å². The SMILES string of the molecule is CC(C)(C)OC(=O)NCC1CCCCN1Cc1ncc(-c2cccs2)o1. The van der Waals surface area contributed by atoms with Crippen LogP contribution in [0.5, 0.6) is 0 Å². The Morgan fingerprint density at radius 1 is 1.46 bits per heavy atom. The molecule has 1 aliphatic heterocycles. The largest absolute Gasteiger partial charge is 0.444 e. The number of rotatable bonds is 5. The average Bonchev–Trinajstić information content (AvgIpc) is 3.23. The number of oxazole rings is 1. The van der Waals surface area contributed by atoms with E-state index in [1.54, 1.807) is 17.5 Å². The van der Waals surface area contributed by atoms with Crippen LogP contribution in [0.4, 0.5) is 4.79 Å². The van der Waals surface area contributed by atoms with Crippen molar-refractivity contribution in [2.45, 2.75) is 58.2 Å². The Labute approximate surface area is 158 Å². The third-order valence-electron chi connectivity index (χ3n) is 4.29. The van der Waals surface area contributed by atoms with Gasteiger partial charge in [-0.1, -0.05) is 12.5 Å². The smallest absolute Gasteiger partial charge is 0.407 e. The summed E-state index contributed by atoms with van der Waals surface area (Å²) in [5.41, 5.74) is -0.480. The highest BCUT2D eigenvalue weighted by Crippen LogP contribution is 2.26. The van der Waals surface area contributed by atoms with E-state index in [1.807, 2.05) is 38.3 Å². The maximum absolute atomic E-state index is 11.9. The van der Waals surface area contributed by atoms with Gasteiger partial charge in [-0.25, -0.2) is 9.78 Å². The number of alkyl carbamates (subject to hydrolysis) is 1. The Balaban J connectivity index is 1.56. The first-order valence-corrected chi connectivity index (χ1v) is 9.98. The molecule has 1 amide bonds. The molecular formula is C19H27N3O3S. The van der Waals surface area contributed by atoms with Crippen LogP contribution < -0.4 is 5.32 Å². The second kappa shape index (κ2) is 8.22. The number of nitrogens with one attached hydrogen (secondary N) is 1. The zero-order valence-electron chi connectivity index (χ0n) is 15.7. The van der Waals surface area contributed by atoms with Crippen LogP contribution in [-0.4, -0.2) is 40.7 Å². The summed E-state index contributed by atoms with van der Waals surface area (Å²) in [6.07, 6.45) is 4.80. The molecule has 0 aromatic carbocycles. The molecule has 3 heterocycles. The highest BCUT2D eigenvalue weighted by atomic mass is 32.1. The van der Waals surface area contributed by atoms with E-state index in [1.165, 1.54) is 6.42 Å². The van der Waals surface area contributed by atoms with Gasteiger partial charge in [0.2, 0.25) is 5.89 Å². The number of aromatic nitrogens is 1. The van der Waals surface area contributed by atoms with Gasteiger partial charge in [-0.15, -0.1) is 11.3 Å². The van der Waals surface area contributed by atoms with Crippen molar-refractivity contribution in [3.63, 3.8) is 0 Å². The lowest BCUT2D eigenvalue weighted by atomic mass is 10.0. The fraction of sp³-hybridized carbons (Fsp3) is 0.579. The standard InChI is InChI=1S/C19H27N3O3S/c1-19(2,3)25-18(23)21-11-14-7-4-5-9-22(14)13-17-20-12-15(24-17)16-8-6-10-26-16/h6,8,10,12,14H,4-5,7,9,11,13H2,1-3H3,(H,21,23). The zero-order chi connectivity index (χ0) is 18.6. The number of carbonyl (C=O) groups is 1. The van der Waals surface area contributed by atoms with Gasteiger partial charge in [0.25, 0.3) is 0 Å². The van der Waals surface area contributed by atoms with Crippen LogP contribution in [0.2, 0.25) is 0 Å². The molecule has 3 rings (SSSR count). The highest BCUT2D eigenvalue weighted by Gasteiger charge is 2.25. The van der Waals surface area contributed by atoms with Crippen LogP contribution in [0.15, 0.2) is 28.1 Å². The number of carbonyl (C=O) groups excluding carboxylic acids is 1. The minimum atomic E-state index is -0.480. The van der Waals surface area contributed by atoms with Crippen molar-refractivity contribution < 1.29 is 13.9 Å². The molecule has 7 heteroatoms. The van der Waals surface area contributed by atoms with Crippen LogP contribution in [-0.2, 0) is 11.3 Å². The van der Waals surface area contributed by atoms with Crippen molar-refractivity contribution in [1.82, 2.24) is 15.2 Å². The third-order valence-corrected chi connectivity index (χ3v) is 5.17. The summed E-state index contributed by atoms with van der Waals surface area (Å²) in [7, 11) is 0. The second-order valence-corrected chi connectivity index (χ2v) is 8.55. The molecule has 1 saturated heterocycles. The molecule has 0 bridgehead atoms. The predicted octanol–water partition coefficient (Wildman–Crippen LogP) is 4.28. The van der Waals surface area contributed by atoms with Gasteiger partial charge in [-0.3, -0.25) is 4.90 Å². The number of hydrogen-bond donors (Lipinski definition) is 1. The van der Waals surface area contributed by atoms with Gasteiger partial charge in [0.1, 0.15) is 5.60 Å². The minimum Gasteiger partial charge on any atom is -0.444 e. The van der Waals surface area contributed by atoms with Gasteiger partial charge in [-0.05, 0) is 51.6 Å². The topological polar surface area (TPSA) is 67.6 Å². The van der Waals surface area contributed by atoms with E-state index in [0.29, 0.717) is 13.1 Å². The molecule has 0 spiro atoms. The van der Waals surface area contributed by atoms with E-state index in [-0.39, 0.29) is 12.1 Å². The molecule has 0 saturated carbocycles. The fourth-order valence-electron chi connectivity index (χ4n) is 3.10. The summed E-state index contributed by atoms with van der Waals surface area (Å²) >= 11 is 1.64. The summed E-state index contributed by atoms with van der Waals surface area (Å²) in [6.45, 7) is 7.82. The van der Waals surface area contributed by atoms with Crippen molar-refractivity contribution in [3.05, 3.63) is 29.6 Å². The lowest BCUT2D eigenvalue weighted by Gasteiger charge is -2.35. The lowest BCUT2D eigenvalue weighted by Crippen LogP contribution is -2.47. The summed E-state index contributed by atoms with van der Waals surface area (Å²) < 4.78 is 11.2.